The van der Waals surface area contributed by atoms with Crippen LogP contribution in [0.2, 0.25) is 0 Å². The van der Waals surface area contributed by atoms with Gasteiger partial charge in [-0.05, 0) is 36.4 Å². The number of benzene rings is 3. The summed E-state index contributed by atoms with van der Waals surface area (Å²) >= 11 is 0. The number of hydrogen-bond acceptors (Lipinski definition) is 6. The summed E-state index contributed by atoms with van der Waals surface area (Å²) in [7, 11) is 0. The summed E-state index contributed by atoms with van der Waals surface area (Å²) in [4.78, 5) is 37.7. The molecule has 0 radical (unpaired) electrons. The summed E-state index contributed by atoms with van der Waals surface area (Å²) < 4.78 is 29.7. The average Bonchev–Trinajstić information content (AvgIpc) is 2.83. The Morgan fingerprint density at radius 2 is 1.56 bits per heavy atom. The van der Waals surface area contributed by atoms with Crippen LogP contribution in [0.1, 0.15) is 26.3 Å². The highest BCUT2D eigenvalue weighted by Gasteiger charge is 2.22. The van der Waals surface area contributed by atoms with Gasteiger partial charge in [0.1, 0.15) is 19.0 Å². The first-order valence-corrected chi connectivity index (χ1v) is 9.78. The van der Waals surface area contributed by atoms with Gasteiger partial charge in [-0.1, -0.05) is 30.3 Å². The van der Waals surface area contributed by atoms with Crippen molar-refractivity contribution < 1.29 is 33.0 Å². The van der Waals surface area contributed by atoms with E-state index in [4.69, 9.17) is 14.2 Å². The number of fused-ring (bicyclic) bond motifs is 1. The molecule has 1 aliphatic rings. The average molecular weight is 435 g/mol. The minimum atomic E-state index is -0.852. The first kappa shape index (κ1) is 21.0. The molecule has 0 fully saturated rings. The van der Waals surface area contributed by atoms with Gasteiger partial charge in [-0.15, -0.1) is 0 Å². The molecule has 4 rings (SSSR count). The Hall–Kier alpha value is -4.20. The molecular formula is C24H18FNO6. The van der Waals surface area contributed by atoms with E-state index in [1.165, 1.54) is 30.3 Å². The number of carbonyl (C=O) groups is 3. The molecule has 1 aliphatic heterocycles. The smallest absolute Gasteiger partial charge is 0.339 e. The van der Waals surface area contributed by atoms with E-state index in [-0.39, 0.29) is 16.8 Å². The fourth-order valence-electron chi connectivity index (χ4n) is 3.16. The topological polar surface area (TPSA) is 90.9 Å². The highest BCUT2D eigenvalue weighted by atomic mass is 19.1. The molecule has 7 nitrogen and oxygen atoms in total. The van der Waals surface area contributed by atoms with Crippen LogP contribution < -0.4 is 14.8 Å². The number of rotatable bonds is 6. The number of ether oxygens (including phenoxy) is 3. The third kappa shape index (κ3) is 4.59. The maximum Gasteiger partial charge on any atom is 0.339 e. The molecule has 3 aromatic carbocycles. The van der Waals surface area contributed by atoms with Gasteiger partial charge in [0.2, 0.25) is 0 Å². The number of halogens is 1. The molecule has 0 aromatic heterocycles. The lowest BCUT2D eigenvalue weighted by Crippen LogP contribution is -2.22. The van der Waals surface area contributed by atoms with E-state index < -0.39 is 30.1 Å². The molecule has 0 aliphatic carbocycles. The van der Waals surface area contributed by atoms with E-state index in [2.05, 4.69) is 5.32 Å². The maximum absolute atomic E-state index is 13.6. The molecular weight excluding hydrogens is 417 g/mol. The van der Waals surface area contributed by atoms with E-state index >= 15 is 0 Å². The van der Waals surface area contributed by atoms with E-state index in [0.29, 0.717) is 30.3 Å². The van der Waals surface area contributed by atoms with Gasteiger partial charge in [0.15, 0.2) is 23.9 Å². The second-order valence-electron chi connectivity index (χ2n) is 6.84. The monoisotopic (exact) mass is 435 g/mol. The molecule has 0 atom stereocenters. The van der Waals surface area contributed by atoms with Crippen molar-refractivity contribution in [1.82, 2.24) is 0 Å². The molecule has 0 saturated carbocycles. The van der Waals surface area contributed by atoms with Crippen molar-refractivity contribution in [1.29, 1.82) is 0 Å². The van der Waals surface area contributed by atoms with Crippen LogP contribution in [-0.4, -0.2) is 37.5 Å². The summed E-state index contributed by atoms with van der Waals surface area (Å²) in [5.74, 6) is -1.59. The van der Waals surface area contributed by atoms with Gasteiger partial charge in [-0.2, -0.15) is 0 Å². The van der Waals surface area contributed by atoms with E-state index in [1.54, 1.807) is 36.4 Å². The molecule has 0 bridgehead atoms. The van der Waals surface area contributed by atoms with Crippen molar-refractivity contribution in [3.8, 4) is 11.5 Å². The van der Waals surface area contributed by atoms with Crippen molar-refractivity contribution in [2.24, 2.45) is 0 Å². The number of para-hydroxylation sites is 1. The van der Waals surface area contributed by atoms with Gasteiger partial charge in [-0.25, -0.2) is 9.18 Å². The largest absolute Gasteiger partial charge is 0.486 e. The van der Waals surface area contributed by atoms with Crippen molar-refractivity contribution >= 4 is 23.3 Å². The highest BCUT2D eigenvalue weighted by molar-refractivity contribution is 6.14. The van der Waals surface area contributed by atoms with Crippen LogP contribution >= 0.6 is 0 Å². The third-order valence-electron chi connectivity index (χ3n) is 4.68. The Morgan fingerprint density at radius 3 is 2.34 bits per heavy atom. The van der Waals surface area contributed by atoms with Gasteiger partial charge in [-0.3, -0.25) is 9.59 Å². The van der Waals surface area contributed by atoms with Gasteiger partial charge in [0.05, 0.1) is 11.3 Å². The second-order valence-corrected chi connectivity index (χ2v) is 6.84. The predicted octanol–water partition coefficient (Wildman–Crippen LogP) is 3.62. The molecule has 32 heavy (non-hydrogen) atoms. The van der Waals surface area contributed by atoms with Gasteiger partial charge < -0.3 is 19.5 Å². The maximum atomic E-state index is 13.6. The summed E-state index contributed by atoms with van der Waals surface area (Å²) in [6, 6.07) is 16.5. The molecule has 1 heterocycles. The first-order chi connectivity index (χ1) is 15.5. The van der Waals surface area contributed by atoms with Crippen LogP contribution in [0.4, 0.5) is 10.1 Å². The zero-order chi connectivity index (χ0) is 22.5. The number of carbonyl (C=O) groups excluding carboxylic acids is 3. The van der Waals surface area contributed by atoms with E-state index in [0.717, 1.165) is 0 Å². The van der Waals surface area contributed by atoms with Crippen LogP contribution in [0.5, 0.6) is 11.5 Å². The summed E-state index contributed by atoms with van der Waals surface area (Å²) in [5, 5.41) is 2.33. The lowest BCUT2D eigenvalue weighted by molar-refractivity contribution is -0.119. The molecule has 1 N–H and O–H groups in total. The molecule has 3 aromatic rings. The number of anilines is 1. The second kappa shape index (κ2) is 9.30. The number of hydrogen-bond donors (Lipinski definition) is 1. The molecule has 1 amide bonds. The van der Waals surface area contributed by atoms with Crippen LogP contribution in [-0.2, 0) is 9.53 Å². The number of nitrogens with one attached hydrogen (secondary N) is 1. The number of esters is 1. The Bertz CT molecular complexity index is 1190. The van der Waals surface area contributed by atoms with Crippen LogP contribution in [0.3, 0.4) is 0 Å². The fourth-order valence-corrected chi connectivity index (χ4v) is 3.16. The Labute approximate surface area is 182 Å². The summed E-state index contributed by atoms with van der Waals surface area (Å²) in [6.45, 7) is 0.168. The fraction of sp³-hybridized carbons (Fsp3) is 0.125. The van der Waals surface area contributed by atoms with E-state index in [9.17, 15) is 18.8 Å². The van der Waals surface area contributed by atoms with Crippen LogP contribution in [0, 0.1) is 5.82 Å². The Kier molecular flexibility index (Phi) is 6.12. The van der Waals surface area contributed by atoms with Crippen LogP contribution in [0.15, 0.2) is 66.7 Å². The van der Waals surface area contributed by atoms with E-state index in [1.807, 2.05) is 0 Å². The molecule has 0 unspecified atom stereocenters. The normalized spacial score (nSPS) is 12.0. The van der Waals surface area contributed by atoms with Gasteiger partial charge >= 0.3 is 5.97 Å². The Balaban J connectivity index is 1.47. The zero-order valence-electron chi connectivity index (χ0n) is 16.8. The standard InChI is InChI=1S/C24H18FNO6/c25-18-7-3-4-8-19(18)26-22(27)14-32-24(29)17-6-2-1-5-16(17)23(28)15-9-10-20-21(13-15)31-12-11-30-20/h1-10,13H,11-12,14H2,(H,26,27). The minimum absolute atomic E-state index is 0.00563. The predicted molar refractivity (Wildman–Crippen MR) is 113 cm³/mol. The van der Waals surface area contributed by atoms with Crippen molar-refractivity contribution in [3.05, 3.63) is 89.2 Å². The lowest BCUT2D eigenvalue weighted by atomic mass is 9.98. The minimum Gasteiger partial charge on any atom is -0.486 e. The lowest BCUT2D eigenvalue weighted by Gasteiger charge is -2.18. The number of ketones is 1. The summed E-state index contributed by atoms with van der Waals surface area (Å²) in [6.07, 6.45) is 0. The summed E-state index contributed by atoms with van der Waals surface area (Å²) in [5.41, 5.74) is 0.407. The molecule has 0 saturated heterocycles. The zero-order valence-corrected chi connectivity index (χ0v) is 16.8. The van der Waals surface area contributed by atoms with Gasteiger partial charge in [0.25, 0.3) is 5.91 Å². The molecule has 0 spiro atoms. The number of amides is 1. The molecule has 162 valence electrons. The Morgan fingerprint density at radius 1 is 0.875 bits per heavy atom. The van der Waals surface area contributed by atoms with Crippen molar-refractivity contribution in [2.45, 2.75) is 0 Å². The SMILES string of the molecule is O=C(COC(=O)c1ccccc1C(=O)c1ccc2c(c1)OCCO2)Nc1ccccc1F. The van der Waals surface area contributed by atoms with Crippen molar-refractivity contribution in [2.75, 3.05) is 25.1 Å². The molecule has 8 heteroatoms. The first-order valence-electron chi connectivity index (χ1n) is 9.78. The van der Waals surface area contributed by atoms with Crippen molar-refractivity contribution in [3.63, 3.8) is 0 Å². The highest BCUT2D eigenvalue weighted by Crippen LogP contribution is 2.31. The van der Waals surface area contributed by atoms with Gasteiger partial charge in [0, 0.05) is 11.1 Å². The van der Waals surface area contributed by atoms with Crippen LogP contribution in [0.25, 0.3) is 0 Å². The third-order valence-corrected chi connectivity index (χ3v) is 4.68. The quantitative estimate of drug-likeness (QED) is 0.470.